The van der Waals surface area contributed by atoms with Crippen LogP contribution in [0, 0.1) is 0 Å². The summed E-state index contributed by atoms with van der Waals surface area (Å²) in [4.78, 5) is 56.1. The van der Waals surface area contributed by atoms with Crippen molar-refractivity contribution in [2.75, 3.05) is 53.6 Å². The molecule has 3 unspecified atom stereocenters. The first-order valence-electron chi connectivity index (χ1n) is 24.9. The Balaban J connectivity index is 0.000000214. The van der Waals surface area contributed by atoms with Gasteiger partial charge in [0.15, 0.2) is 21.2 Å². The summed E-state index contributed by atoms with van der Waals surface area (Å²) in [6.07, 6.45) is 6.65. The molecule has 0 spiro atoms. The predicted octanol–water partition coefficient (Wildman–Crippen LogP) is 11.4. The molecule has 76 heavy (non-hydrogen) atoms. The minimum Gasteiger partial charge on any atom is -0.489 e. The molecule has 3 atom stereocenters. The van der Waals surface area contributed by atoms with Crippen molar-refractivity contribution < 1.29 is 38.5 Å². The number of nitrogens with one attached hydrogen (secondary N) is 3. The Bertz CT molecular complexity index is 2760. The van der Waals surface area contributed by atoms with Gasteiger partial charge in [0, 0.05) is 48.9 Å². The van der Waals surface area contributed by atoms with Gasteiger partial charge < -0.3 is 51.6 Å². The maximum absolute atomic E-state index is 13.0. The third-order valence-electron chi connectivity index (χ3n) is 11.6. The third kappa shape index (κ3) is 20.7. The number of carboxylic acid groups (broad SMARTS) is 1. The van der Waals surface area contributed by atoms with Gasteiger partial charge >= 0.3 is 6.09 Å². The highest BCUT2D eigenvalue weighted by Crippen LogP contribution is 2.41. The van der Waals surface area contributed by atoms with Gasteiger partial charge in [-0.05, 0) is 161 Å². The minimum atomic E-state index is -0.833. The lowest BCUT2D eigenvalue weighted by Gasteiger charge is -2.24. The number of benzene rings is 4. The Kier molecular flexibility index (Phi) is 24.0. The second kappa shape index (κ2) is 29.8. The predicted molar refractivity (Wildman–Crippen MR) is 320 cm³/mol. The average molecular weight is 1180 g/mol. The van der Waals surface area contributed by atoms with Crippen LogP contribution in [0.4, 0.5) is 27.1 Å². The monoisotopic (exact) mass is 1180 g/mol. The van der Waals surface area contributed by atoms with Gasteiger partial charge in [-0.2, -0.15) is 14.9 Å². The van der Waals surface area contributed by atoms with Crippen molar-refractivity contribution in [3.8, 4) is 11.5 Å². The number of aromatic nitrogens is 1. The van der Waals surface area contributed by atoms with Crippen LogP contribution in [0.25, 0.3) is 0 Å². The van der Waals surface area contributed by atoms with Crippen molar-refractivity contribution in [3.05, 3.63) is 124 Å². The summed E-state index contributed by atoms with van der Waals surface area (Å²) in [5.74, 6) is 3.27. The van der Waals surface area contributed by atoms with Gasteiger partial charge in [0.05, 0.1) is 11.9 Å². The van der Waals surface area contributed by atoms with Crippen molar-refractivity contribution >= 4 is 117 Å². The number of Topliss-reactive ketones (excluding diaryl/α,β-unsaturated/α-hetero) is 1. The number of rotatable bonds is 14. The van der Waals surface area contributed by atoms with E-state index in [0.717, 1.165) is 73.0 Å². The first kappa shape index (κ1) is 61.2. The van der Waals surface area contributed by atoms with Gasteiger partial charge in [0.25, 0.3) is 5.97 Å². The van der Waals surface area contributed by atoms with Crippen LogP contribution in [-0.4, -0.2) is 104 Å². The van der Waals surface area contributed by atoms with Crippen LogP contribution in [-0.2, 0) is 9.53 Å². The number of carboxylic acids is 1. The second-order valence-electron chi connectivity index (χ2n) is 19.1. The maximum Gasteiger partial charge on any atom is 0.410 e. The van der Waals surface area contributed by atoms with Gasteiger partial charge in [0.2, 0.25) is 5.78 Å². The number of nitrogens with two attached hydrogens (primary N) is 2. The van der Waals surface area contributed by atoms with Crippen molar-refractivity contribution in [1.82, 2.24) is 15.2 Å². The Morgan fingerprint density at radius 2 is 1.45 bits per heavy atom. The lowest BCUT2D eigenvalue weighted by molar-refractivity contribution is -0.134. The topological polar surface area (TPSA) is 233 Å². The Morgan fingerprint density at radius 3 is 1.99 bits per heavy atom. The number of aliphatic carboxylic acids is 1. The van der Waals surface area contributed by atoms with Crippen molar-refractivity contribution in [2.24, 2.45) is 10.7 Å². The zero-order chi connectivity index (χ0) is 54.1. The molecule has 0 bridgehead atoms. The Morgan fingerprint density at radius 1 is 0.882 bits per heavy atom. The summed E-state index contributed by atoms with van der Waals surface area (Å²) < 4.78 is 17.3. The third-order valence-corrected chi connectivity index (χ3v) is 13.9. The summed E-state index contributed by atoms with van der Waals surface area (Å²) in [5.41, 5.74) is 17.1. The molecule has 408 valence electrons. The molecule has 3 heterocycles. The number of carbonyl (C=O) groups excluding carboxylic acids is 3. The zero-order valence-electron chi connectivity index (χ0n) is 43.6. The molecule has 2 saturated carbocycles. The van der Waals surface area contributed by atoms with Gasteiger partial charge in [-0.25, -0.2) is 9.78 Å². The molecule has 4 fully saturated rings. The number of likely N-dealkylation sites (tertiary alicyclic amines) is 1. The number of amides is 1. The molecule has 4 aromatic carbocycles. The molecule has 0 radical (unpaired) electrons. The van der Waals surface area contributed by atoms with E-state index in [0.29, 0.717) is 50.2 Å². The van der Waals surface area contributed by atoms with Gasteiger partial charge in [-0.3, -0.25) is 14.4 Å². The van der Waals surface area contributed by atoms with Gasteiger partial charge in [0.1, 0.15) is 40.0 Å². The number of thiazole rings is 1. The fraction of sp³-hybridized carbons (Fsp3) is 0.400. The molecule has 4 aliphatic rings. The van der Waals surface area contributed by atoms with Crippen molar-refractivity contribution in [1.29, 1.82) is 0 Å². The van der Waals surface area contributed by atoms with Crippen LogP contribution in [0.15, 0.2) is 102 Å². The number of anilines is 4. The molecule has 1 amide bonds. The summed E-state index contributed by atoms with van der Waals surface area (Å²) in [6, 6.07) is 31.1. The van der Waals surface area contributed by atoms with E-state index in [9.17, 15) is 14.4 Å². The number of nitrogens with zero attached hydrogens (tertiary/aromatic N) is 3. The Hall–Kier alpha value is -5.63. The number of thiocarbonyl (C=S) groups is 1. The lowest BCUT2D eigenvalue weighted by Crippen LogP contribution is -2.36. The van der Waals surface area contributed by atoms with Crippen LogP contribution in [0.1, 0.15) is 122 Å². The maximum atomic E-state index is 13.0. The molecule has 16 nitrogen and oxygen atoms in total. The second-order valence-corrected chi connectivity index (χ2v) is 22.3. The summed E-state index contributed by atoms with van der Waals surface area (Å²) in [7, 11) is 0. The molecule has 2 aliphatic carbocycles. The minimum absolute atomic E-state index is 0. The van der Waals surface area contributed by atoms with Crippen LogP contribution in [0.5, 0.6) is 11.5 Å². The van der Waals surface area contributed by atoms with Gasteiger partial charge in [-0.15, -0.1) is 0 Å². The summed E-state index contributed by atoms with van der Waals surface area (Å²) in [5, 5.41) is 18.7. The van der Waals surface area contributed by atoms with E-state index < -0.39 is 11.6 Å². The largest absolute Gasteiger partial charge is 0.489 e. The van der Waals surface area contributed by atoms with E-state index in [1.54, 1.807) is 4.90 Å². The number of ether oxygens (including phenoxy) is 3. The van der Waals surface area contributed by atoms with E-state index in [2.05, 4.69) is 54.0 Å². The Labute approximate surface area is 471 Å². The first-order valence-corrected chi connectivity index (χ1v) is 28.3. The molecule has 5 aromatic rings. The number of amidine groups is 1. The highest BCUT2D eigenvalue weighted by Gasteiger charge is 2.31. The number of alkyl halides is 1. The number of ketones is 2. The van der Waals surface area contributed by atoms with Crippen LogP contribution in [0.3, 0.4) is 0 Å². The number of carbonyl (C=O) groups is 4. The quantitative estimate of drug-likeness (QED) is 0.0152. The number of thioether (sulfide) groups is 1. The highest BCUT2D eigenvalue weighted by atomic mass is 79.9. The number of hydrogen-bond donors (Lipinski definition) is 6. The van der Waals surface area contributed by atoms with Gasteiger partial charge in [-0.1, -0.05) is 82.4 Å². The molecular weight excluding hydrogens is 1110 g/mol. The summed E-state index contributed by atoms with van der Waals surface area (Å²) in [6.45, 7) is 11.7. The lowest BCUT2D eigenvalue weighted by atomic mass is 10.0. The number of halogens is 1. The average Bonchev–Trinajstić information content (AvgIpc) is 4.27. The van der Waals surface area contributed by atoms with Crippen molar-refractivity contribution in [2.45, 2.75) is 103 Å². The number of hydrogen-bond acceptors (Lipinski definition) is 14. The molecular formula is C55H70BrN8O8PS3. The highest BCUT2D eigenvalue weighted by molar-refractivity contribution is 9.09. The zero-order valence-corrected chi connectivity index (χ0v) is 49.1. The molecule has 2 saturated heterocycles. The molecule has 21 heteroatoms. The van der Waals surface area contributed by atoms with E-state index >= 15 is 0 Å². The van der Waals surface area contributed by atoms with Crippen molar-refractivity contribution in [3.63, 3.8) is 0 Å². The van der Waals surface area contributed by atoms with E-state index in [1.807, 2.05) is 113 Å². The smallest absolute Gasteiger partial charge is 0.410 e. The SMILES string of the molecule is CC(=O)O.CCSC(N)=NC(=S)Nc1ccc(OC2CCN(C(=O)OC(C)(C)C)C2)cc1.Nc1nc(Nc2ccc(OC3CCNC3)cc2)sc1C(=O)c1cccc(C2CC2)c1.O=C(CBr)c1cccc(C2CC2)c1.P. The fourth-order valence-electron chi connectivity index (χ4n) is 7.71. The van der Waals surface area contributed by atoms with E-state index in [1.165, 1.54) is 59.9 Å². The standard InChI is InChI=1S/C23H24N4O2S.C19H28N4O3S2.C11H11BrO.C2H4O2.H3P/c24-22-21(20(28)16-3-1-2-15(12-16)14-4-5-14)30-23(27-22)26-17-6-8-18(9-7-17)29-19-10-11-25-13-19;1-5-28-16(20)22-17(27)21-13-6-8-14(9-7-13)25-15-10-11-23(12-15)18(24)26-19(2,3)4;12-7-11(13)10-3-1-2-9(6-10)8-4-5-8;1-2(3)4;/h1-3,6-9,12,14,19,25H,4-5,10-11,13,24H2,(H,26,27);6-9,15H,5,10-12H2,1-4H3,(H3,20,21,22,27);1-3,6,8H,4-5,7H2;1H3,(H,3,4);1H3. The fourth-order valence-corrected chi connectivity index (χ4v) is 9.63. The van der Waals surface area contributed by atoms with E-state index in [4.69, 9.17) is 47.8 Å². The first-order chi connectivity index (χ1) is 35.9. The van der Waals surface area contributed by atoms with Crippen LogP contribution >= 0.6 is 61.1 Å². The number of nitrogen functional groups attached to an aromatic ring is 1. The normalized spacial score (nSPS) is 16.7. The van der Waals surface area contributed by atoms with Crippen LogP contribution in [0.2, 0.25) is 0 Å². The molecule has 9 rings (SSSR count). The molecule has 2 aliphatic heterocycles. The molecule has 1 aromatic heterocycles. The van der Waals surface area contributed by atoms with E-state index in [-0.39, 0.29) is 45.6 Å². The summed E-state index contributed by atoms with van der Waals surface area (Å²) >= 11 is 11.1. The number of aliphatic imine (C=N–C) groups is 1. The molecule has 8 N–H and O–H groups in total. The van der Waals surface area contributed by atoms with Crippen LogP contribution < -0.4 is 36.9 Å².